The third kappa shape index (κ3) is 3.93. The first-order chi connectivity index (χ1) is 10.8. The molecule has 0 spiro atoms. The van der Waals surface area contributed by atoms with Crippen molar-refractivity contribution in [2.75, 3.05) is 5.73 Å². The quantitative estimate of drug-likeness (QED) is 0.486. The van der Waals surface area contributed by atoms with Crippen LogP contribution in [0.2, 0.25) is 15.2 Å². The Bertz CT molecular complexity index is 806. The highest BCUT2D eigenvalue weighted by Gasteiger charge is 2.19. The first-order valence-corrected chi connectivity index (χ1v) is 7.65. The van der Waals surface area contributed by atoms with Gasteiger partial charge in [-0.15, -0.1) is 0 Å². The molecule has 0 aliphatic carbocycles. The molecule has 3 N–H and O–H groups in total. The van der Waals surface area contributed by atoms with Crippen LogP contribution in [-0.4, -0.2) is 17.1 Å². The van der Waals surface area contributed by atoms with Gasteiger partial charge in [0.2, 0.25) is 0 Å². The first kappa shape index (κ1) is 17.5. The fraction of sp³-hybridized carbons (Fsp3) is 0.133. The summed E-state index contributed by atoms with van der Waals surface area (Å²) in [6.45, 7) is 3.91. The number of nitrogens with one attached hydrogen (secondary N) is 1. The van der Waals surface area contributed by atoms with Gasteiger partial charge in [-0.1, -0.05) is 58.6 Å². The molecular formula is C15H13Cl3N4O. The minimum Gasteiger partial charge on any atom is -0.396 e. The predicted molar refractivity (Wildman–Crippen MR) is 94.7 cm³/mol. The molecule has 0 radical (unpaired) electrons. The van der Waals surface area contributed by atoms with Gasteiger partial charge in [-0.3, -0.25) is 4.79 Å². The lowest BCUT2D eigenvalue weighted by molar-refractivity contribution is 0.0950. The largest absolute Gasteiger partial charge is 0.396 e. The number of hydrazone groups is 1. The SMILES string of the molecule is Cc1ccc(C)c(C=NNC(=O)c2nc(Cl)c(Cl)c(N)c2Cl)c1. The van der Waals surface area contributed by atoms with E-state index in [2.05, 4.69) is 15.5 Å². The highest BCUT2D eigenvalue weighted by Crippen LogP contribution is 2.34. The van der Waals surface area contributed by atoms with Gasteiger partial charge < -0.3 is 5.73 Å². The van der Waals surface area contributed by atoms with Crippen LogP contribution in [0.5, 0.6) is 0 Å². The molecule has 5 nitrogen and oxygen atoms in total. The average Bonchev–Trinajstić information content (AvgIpc) is 2.52. The van der Waals surface area contributed by atoms with Gasteiger partial charge in [-0.2, -0.15) is 5.10 Å². The smallest absolute Gasteiger partial charge is 0.291 e. The Morgan fingerprint density at radius 3 is 2.65 bits per heavy atom. The summed E-state index contributed by atoms with van der Waals surface area (Å²) < 4.78 is 0. The Kier molecular flexibility index (Phi) is 5.46. The van der Waals surface area contributed by atoms with E-state index in [-0.39, 0.29) is 26.6 Å². The van der Waals surface area contributed by atoms with Crippen molar-refractivity contribution in [1.29, 1.82) is 0 Å². The number of halogens is 3. The van der Waals surface area contributed by atoms with Crippen LogP contribution in [0.4, 0.5) is 5.69 Å². The molecule has 0 unspecified atom stereocenters. The van der Waals surface area contributed by atoms with Gasteiger partial charge in [-0.25, -0.2) is 10.4 Å². The van der Waals surface area contributed by atoms with E-state index in [4.69, 9.17) is 40.5 Å². The molecule has 8 heteroatoms. The van der Waals surface area contributed by atoms with Gasteiger partial charge in [0.25, 0.3) is 5.91 Å². The molecule has 0 atom stereocenters. The molecule has 1 amide bonds. The topological polar surface area (TPSA) is 80.4 Å². The van der Waals surface area contributed by atoms with Crippen LogP contribution in [-0.2, 0) is 0 Å². The van der Waals surface area contributed by atoms with Gasteiger partial charge in [0.05, 0.1) is 16.9 Å². The van der Waals surface area contributed by atoms with Crippen LogP contribution in [0.25, 0.3) is 0 Å². The van der Waals surface area contributed by atoms with E-state index in [0.29, 0.717) is 0 Å². The monoisotopic (exact) mass is 370 g/mol. The van der Waals surface area contributed by atoms with Crippen molar-refractivity contribution < 1.29 is 4.79 Å². The van der Waals surface area contributed by atoms with Crippen molar-refractivity contribution >= 4 is 52.6 Å². The summed E-state index contributed by atoms with van der Waals surface area (Å²) in [6, 6.07) is 5.91. The number of pyridine rings is 1. The molecule has 0 bridgehead atoms. The van der Waals surface area contributed by atoms with Gasteiger partial charge in [0.15, 0.2) is 10.8 Å². The molecular weight excluding hydrogens is 359 g/mol. The minimum atomic E-state index is -0.637. The predicted octanol–water partition coefficient (Wildman–Crippen LogP) is 4.00. The molecule has 0 saturated heterocycles. The Hall–Kier alpha value is -1.82. The molecule has 2 aromatic rings. The number of benzene rings is 1. The van der Waals surface area contributed by atoms with E-state index in [0.717, 1.165) is 16.7 Å². The van der Waals surface area contributed by atoms with Crippen LogP contribution in [0.1, 0.15) is 27.2 Å². The second kappa shape index (κ2) is 7.17. The molecule has 120 valence electrons. The summed E-state index contributed by atoms with van der Waals surface area (Å²) in [5.74, 6) is -0.637. The molecule has 1 aromatic carbocycles. The van der Waals surface area contributed by atoms with Gasteiger partial charge in [0.1, 0.15) is 5.02 Å². The number of hydrogen-bond acceptors (Lipinski definition) is 4. The van der Waals surface area contributed by atoms with Crippen molar-refractivity contribution in [2.45, 2.75) is 13.8 Å². The van der Waals surface area contributed by atoms with Crippen LogP contribution >= 0.6 is 34.8 Å². The number of aryl methyl sites for hydroxylation is 2. The summed E-state index contributed by atoms with van der Waals surface area (Å²) in [6.07, 6.45) is 1.54. The van der Waals surface area contributed by atoms with E-state index in [1.807, 2.05) is 32.0 Å². The lowest BCUT2D eigenvalue weighted by atomic mass is 10.1. The number of carbonyl (C=O) groups is 1. The molecule has 23 heavy (non-hydrogen) atoms. The summed E-state index contributed by atoms with van der Waals surface area (Å²) in [4.78, 5) is 15.9. The van der Waals surface area contributed by atoms with Crippen molar-refractivity contribution in [3.8, 4) is 0 Å². The van der Waals surface area contributed by atoms with Crippen molar-refractivity contribution in [3.05, 3.63) is 55.8 Å². The minimum absolute atomic E-state index is 0.00279. The van der Waals surface area contributed by atoms with Crippen LogP contribution in [0, 0.1) is 13.8 Å². The molecule has 0 saturated carbocycles. The highest BCUT2D eigenvalue weighted by atomic mass is 35.5. The van der Waals surface area contributed by atoms with Gasteiger partial charge in [-0.05, 0) is 25.0 Å². The molecule has 0 aliphatic heterocycles. The first-order valence-electron chi connectivity index (χ1n) is 6.52. The normalized spacial score (nSPS) is 11.0. The van der Waals surface area contributed by atoms with Crippen LogP contribution < -0.4 is 11.2 Å². The van der Waals surface area contributed by atoms with E-state index in [9.17, 15) is 4.79 Å². The van der Waals surface area contributed by atoms with Crippen LogP contribution in [0.15, 0.2) is 23.3 Å². The summed E-state index contributed by atoms with van der Waals surface area (Å²) in [5.41, 5.74) is 10.9. The van der Waals surface area contributed by atoms with E-state index < -0.39 is 5.91 Å². The van der Waals surface area contributed by atoms with Crippen LogP contribution in [0.3, 0.4) is 0 Å². The molecule has 1 heterocycles. The number of nitrogens with two attached hydrogens (primary N) is 1. The zero-order valence-electron chi connectivity index (χ0n) is 12.3. The zero-order chi connectivity index (χ0) is 17.1. The number of nitrogen functional groups attached to an aromatic ring is 1. The molecule has 1 aromatic heterocycles. The Morgan fingerprint density at radius 1 is 1.26 bits per heavy atom. The lowest BCUT2D eigenvalue weighted by Crippen LogP contribution is -2.20. The molecule has 0 fully saturated rings. The maximum absolute atomic E-state index is 12.1. The van der Waals surface area contributed by atoms with E-state index >= 15 is 0 Å². The van der Waals surface area contributed by atoms with Crippen molar-refractivity contribution in [1.82, 2.24) is 10.4 Å². The Morgan fingerprint density at radius 2 is 1.96 bits per heavy atom. The fourth-order valence-electron chi connectivity index (χ4n) is 1.79. The lowest BCUT2D eigenvalue weighted by Gasteiger charge is -2.07. The summed E-state index contributed by atoms with van der Waals surface area (Å²) in [7, 11) is 0. The van der Waals surface area contributed by atoms with E-state index in [1.54, 1.807) is 0 Å². The summed E-state index contributed by atoms with van der Waals surface area (Å²) in [5, 5.41) is 3.74. The molecule has 2 rings (SSSR count). The average molecular weight is 372 g/mol. The fourth-order valence-corrected chi connectivity index (χ4v) is 2.39. The highest BCUT2D eigenvalue weighted by molar-refractivity contribution is 6.46. The number of hydrogen-bond donors (Lipinski definition) is 2. The Labute approximate surface area is 148 Å². The number of carbonyl (C=O) groups excluding carboxylic acids is 1. The van der Waals surface area contributed by atoms with Crippen molar-refractivity contribution in [3.63, 3.8) is 0 Å². The maximum atomic E-state index is 12.1. The second-order valence-electron chi connectivity index (χ2n) is 4.85. The number of rotatable bonds is 3. The third-order valence-corrected chi connectivity index (χ3v) is 4.23. The maximum Gasteiger partial charge on any atom is 0.291 e. The standard InChI is InChI=1S/C15H13Cl3N4O/c1-7-3-4-8(2)9(5-7)6-20-22-15(23)13-10(16)12(19)11(17)14(18)21-13/h3-6H,1-2H3,(H2,19,21)(H,22,23). The van der Waals surface area contributed by atoms with Gasteiger partial charge >= 0.3 is 0 Å². The van der Waals surface area contributed by atoms with Crippen molar-refractivity contribution in [2.24, 2.45) is 5.10 Å². The second-order valence-corrected chi connectivity index (χ2v) is 5.97. The number of nitrogens with zero attached hydrogens (tertiary/aromatic N) is 2. The van der Waals surface area contributed by atoms with E-state index in [1.165, 1.54) is 6.21 Å². The van der Waals surface area contributed by atoms with Gasteiger partial charge in [0, 0.05) is 0 Å². The number of amides is 1. The third-order valence-electron chi connectivity index (χ3n) is 3.09. The number of aromatic nitrogens is 1. The number of anilines is 1. The molecule has 0 aliphatic rings. The zero-order valence-corrected chi connectivity index (χ0v) is 14.6. The summed E-state index contributed by atoms with van der Waals surface area (Å²) >= 11 is 17.6. The Balaban J connectivity index is 2.20.